The SMILES string of the molecule is CSc1ccccc1-n1nc(C(=O)O)c2c1CCC(C)C2. The molecule has 4 nitrogen and oxygen atoms in total. The Balaban J connectivity index is 2.20. The number of thioether (sulfide) groups is 1. The highest BCUT2D eigenvalue weighted by Crippen LogP contribution is 2.32. The minimum absolute atomic E-state index is 0.215. The van der Waals surface area contributed by atoms with Crippen molar-refractivity contribution in [2.75, 3.05) is 6.26 Å². The molecule has 1 N–H and O–H groups in total. The van der Waals surface area contributed by atoms with Crippen molar-refractivity contribution < 1.29 is 9.90 Å². The number of carboxylic acid groups (broad SMARTS) is 1. The van der Waals surface area contributed by atoms with E-state index in [9.17, 15) is 9.90 Å². The fourth-order valence-corrected chi connectivity index (χ4v) is 3.54. The number of carbonyl (C=O) groups is 1. The smallest absolute Gasteiger partial charge is 0.356 e. The number of fused-ring (bicyclic) bond motifs is 1. The normalized spacial score (nSPS) is 17.5. The molecule has 1 heterocycles. The van der Waals surface area contributed by atoms with Crippen LogP contribution < -0.4 is 0 Å². The van der Waals surface area contributed by atoms with Gasteiger partial charge in [0, 0.05) is 16.2 Å². The average Bonchev–Trinajstić information content (AvgIpc) is 2.85. The van der Waals surface area contributed by atoms with Crippen LogP contribution in [0.5, 0.6) is 0 Å². The number of carboxylic acids is 1. The first-order valence-electron chi connectivity index (χ1n) is 7.09. The zero-order chi connectivity index (χ0) is 15.0. The number of rotatable bonds is 3. The summed E-state index contributed by atoms with van der Waals surface area (Å²) in [6.45, 7) is 2.17. The summed E-state index contributed by atoms with van der Waals surface area (Å²) in [4.78, 5) is 12.6. The van der Waals surface area contributed by atoms with Crippen LogP contribution in [0.15, 0.2) is 29.2 Å². The molecule has 0 amide bonds. The van der Waals surface area contributed by atoms with E-state index in [1.165, 1.54) is 0 Å². The van der Waals surface area contributed by atoms with Gasteiger partial charge in [-0.05, 0) is 43.6 Å². The molecule has 0 radical (unpaired) electrons. The van der Waals surface area contributed by atoms with Gasteiger partial charge in [-0.1, -0.05) is 19.1 Å². The molecule has 21 heavy (non-hydrogen) atoms. The van der Waals surface area contributed by atoms with Crippen LogP contribution in [0, 0.1) is 5.92 Å². The lowest BCUT2D eigenvalue weighted by Gasteiger charge is -2.20. The van der Waals surface area contributed by atoms with Crippen molar-refractivity contribution in [1.82, 2.24) is 9.78 Å². The van der Waals surface area contributed by atoms with Crippen LogP contribution in [0.1, 0.15) is 35.1 Å². The van der Waals surface area contributed by atoms with Crippen LogP contribution in [-0.2, 0) is 12.8 Å². The third kappa shape index (κ3) is 2.46. The van der Waals surface area contributed by atoms with Gasteiger partial charge in [-0.15, -0.1) is 11.8 Å². The van der Waals surface area contributed by atoms with Crippen molar-refractivity contribution in [3.8, 4) is 5.69 Å². The van der Waals surface area contributed by atoms with Crippen molar-refractivity contribution in [2.24, 2.45) is 5.92 Å². The number of aromatic nitrogens is 2. The Bertz CT molecular complexity index is 694. The predicted octanol–water partition coefficient (Wildman–Crippen LogP) is 3.42. The van der Waals surface area contributed by atoms with Gasteiger partial charge in [0.15, 0.2) is 5.69 Å². The van der Waals surface area contributed by atoms with Crippen molar-refractivity contribution in [1.29, 1.82) is 0 Å². The lowest BCUT2D eigenvalue weighted by molar-refractivity contribution is 0.0688. The second-order valence-corrected chi connectivity index (χ2v) is 6.36. The molecule has 1 unspecified atom stereocenters. The van der Waals surface area contributed by atoms with Gasteiger partial charge in [0.1, 0.15) is 0 Å². The molecular weight excluding hydrogens is 284 g/mol. The van der Waals surface area contributed by atoms with Crippen LogP contribution in [0.25, 0.3) is 5.69 Å². The zero-order valence-corrected chi connectivity index (χ0v) is 13.0. The molecule has 1 aromatic carbocycles. The Kier molecular flexibility index (Phi) is 3.76. The third-order valence-electron chi connectivity index (χ3n) is 4.03. The monoisotopic (exact) mass is 302 g/mol. The van der Waals surface area contributed by atoms with Crippen molar-refractivity contribution in [3.63, 3.8) is 0 Å². The van der Waals surface area contributed by atoms with Crippen molar-refractivity contribution in [3.05, 3.63) is 41.2 Å². The quantitative estimate of drug-likeness (QED) is 0.883. The van der Waals surface area contributed by atoms with Gasteiger partial charge in [-0.2, -0.15) is 5.10 Å². The molecule has 1 aromatic heterocycles. The summed E-state index contributed by atoms with van der Waals surface area (Å²) in [5.74, 6) is -0.412. The van der Waals surface area contributed by atoms with E-state index in [0.717, 1.165) is 41.1 Å². The number of aromatic carboxylic acids is 1. The summed E-state index contributed by atoms with van der Waals surface area (Å²) >= 11 is 1.65. The summed E-state index contributed by atoms with van der Waals surface area (Å²) in [6, 6.07) is 8.00. The Morgan fingerprint density at radius 2 is 2.19 bits per heavy atom. The molecule has 2 aromatic rings. The Morgan fingerprint density at radius 3 is 2.90 bits per heavy atom. The van der Waals surface area contributed by atoms with E-state index in [1.54, 1.807) is 11.8 Å². The molecule has 0 bridgehead atoms. The second-order valence-electron chi connectivity index (χ2n) is 5.51. The fraction of sp³-hybridized carbons (Fsp3) is 0.375. The number of hydrogen-bond acceptors (Lipinski definition) is 3. The summed E-state index contributed by atoms with van der Waals surface area (Å²) < 4.78 is 1.84. The van der Waals surface area contributed by atoms with Gasteiger partial charge in [-0.25, -0.2) is 9.48 Å². The second kappa shape index (κ2) is 5.56. The van der Waals surface area contributed by atoms with Gasteiger partial charge in [-0.3, -0.25) is 0 Å². The molecule has 0 saturated carbocycles. The topological polar surface area (TPSA) is 55.1 Å². The minimum atomic E-state index is -0.930. The summed E-state index contributed by atoms with van der Waals surface area (Å²) in [7, 11) is 0. The van der Waals surface area contributed by atoms with Gasteiger partial charge in [0.25, 0.3) is 0 Å². The van der Waals surface area contributed by atoms with Crippen LogP contribution in [-0.4, -0.2) is 27.1 Å². The molecule has 0 spiro atoms. The Hall–Kier alpha value is -1.75. The maximum absolute atomic E-state index is 11.5. The molecule has 1 atom stereocenters. The summed E-state index contributed by atoms with van der Waals surface area (Å²) in [5.41, 5.74) is 3.17. The van der Waals surface area contributed by atoms with Crippen LogP contribution in [0.3, 0.4) is 0 Å². The van der Waals surface area contributed by atoms with Gasteiger partial charge >= 0.3 is 5.97 Å². The molecular formula is C16H18N2O2S. The van der Waals surface area contributed by atoms with Crippen molar-refractivity contribution in [2.45, 2.75) is 31.1 Å². The highest BCUT2D eigenvalue weighted by molar-refractivity contribution is 7.98. The zero-order valence-electron chi connectivity index (χ0n) is 12.2. The number of nitrogens with zero attached hydrogens (tertiary/aromatic N) is 2. The van der Waals surface area contributed by atoms with Crippen molar-refractivity contribution >= 4 is 17.7 Å². The van der Waals surface area contributed by atoms with Gasteiger partial charge in [0.05, 0.1) is 5.69 Å². The summed E-state index contributed by atoms with van der Waals surface area (Å²) in [5, 5.41) is 13.8. The number of benzene rings is 1. The lowest BCUT2D eigenvalue weighted by atomic mass is 9.87. The highest BCUT2D eigenvalue weighted by atomic mass is 32.2. The van der Waals surface area contributed by atoms with E-state index in [0.29, 0.717) is 5.92 Å². The molecule has 0 aliphatic heterocycles. The van der Waals surface area contributed by atoms with Gasteiger partial charge < -0.3 is 5.11 Å². The Morgan fingerprint density at radius 1 is 1.43 bits per heavy atom. The van der Waals surface area contributed by atoms with E-state index >= 15 is 0 Å². The molecule has 0 saturated heterocycles. The maximum Gasteiger partial charge on any atom is 0.356 e. The van der Waals surface area contributed by atoms with Crippen LogP contribution >= 0.6 is 11.8 Å². The molecule has 5 heteroatoms. The van der Waals surface area contributed by atoms with Crippen LogP contribution in [0.4, 0.5) is 0 Å². The van der Waals surface area contributed by atoms with E-state index in [1.807, 2.05) is 35.2 Å². The molecule has 110 valence electrons. The van der Waals surface area contributed by atoms with E-state index in [4.69, 9.17) is 0 Å². The van der Waals surface area contributed by atoms with E-state index < -0.39 is 5.97 Å². The largest absolute Gasteiger partial charge is 0.476 e. The Labute approximate surface area is 128 Å². The first-order chi connectivity index (χ1) is 10.1. The average molecular weight is 302 g/mol. The highest BCUT2D eigenvalue weighted by Gasteiger charge is 2.28. The predicted molar refractivity (Wildman–Crippen MR) is 83.5 cm³/mol. The number of para-hydroxylation sites is 1. The lowest BCUT2D eigenvalue weighted by Crippen LogP contribution is -2.14. The number of hydrogen-bond donors (Lipinski definition) is 1. The standard InChI is InChI=1S/C16H18N2O2S/c1-10-7-8-12-11(9-10)15(16(19)20)17-18(12)13-5-3-4-6-14(13)21-2/h3-6,10H,7-9H2,1-2H3,(H,19,20). The van der Waals surface area contributed by atoms with E-state index in [-0.39, 0.29) is 5.69 Å². The molecule has 1 aliphatic rings. The van der Waals surface area contributed by atoms with Gasteiger partial charge in [0.2, 0.25) is 0 Å². The summed E-state index contributed by atoms with van der Waals surface area (Å²) in [6.07, 6.45) is 4.80. The maximum atomic E-state index is 11.5. The third-order valence-corrected chi connectivity index (χ3v) is 4.82. The molecule has 3 rings (SSSR count). The molecule has 0 fully saturated rings. The minimum Gasteiger partial charge on any atom is -0.476 e. The van der Waals surface area contributed by atoms with E-state index in [2.05, 4.69) is 12.0 Å². The first kappa shape index (κ1) is 14.2. The first-order valence-corrected chi connectivity index (χ1v) is 8.31. The fourth-order valence-electron chi connectivity index (χ4n) is 2.97. The van der Waals surface area contributed by atoms with Crippen LogP contribution in [0.2, 0.25) is 0 Å². The molecule has 1 aliphatic carbocycles.